The molecule has 22 heavy (non-hydrogen) atoms. The summed E-state index contributed by atoms with van der Waals surface area (Å²) in [4.78, 5) is 14.6. The minimum absolute atomic E-state index is 0. The lowest BCUT2D eigenvalue weighted by Crippen LogP contribution is -2.47. The van der Waals surface area contributed by atoms with Gasteiger partial charge in [0.25, 0.3) is 5.91 Å². The van der Waals surface area contributed by atoms with Gasteiger partial charge in [0.15, 0.2) is 0 Å². The molecule has 1 aromatic carbocycles. The van der Waals surface area contributed by atoms with Gasteiger partial charge in [-0.1, -0.05) is 0 Å². The summed E-state index contributed by atoms with van der Waals surface area (Å²) in [6.07, 6.45) is 3.11. The first-order valence-electron chi connectivity index (χ1n) is 7.05. The van der Waals surface area contributed by atoms with Gasteiger partial charge in [0.05, 0.1) is 14.2 Å². The first-order valence-corrected chi connectivity index (χ1v) is 7.84. The minimum Gasteiger partial charge on any atom is -0.495 e. The van der Waals surface area contributed by atoms with Gasteiger partial charge in [-0.3, -0.25) is 4.79 Å². The van der Waals surface area contributed by atoms with Gasteiger partial charge in [-0.15, -0.1) is 12.4 Å². The molecular weight excluding hydrogens is 372 g/mol. The van der Waals surface area contributed by atoms with E-state index in [4.69, 9.17) is 15.2 Å². The smallest absolute Gasteiger partial charge is 0.254 e. The van der Waals surface area contributed by atoms with Gasteiger partial charge in [-0.2, -0.15) is 0 Å². The topological polar surface area (TPSA) is 64.8 Å². The molecule has 0 spiro atoms. The van der Waals surface area contributed by atoms with Crippen LogP contribution in [0.4, 0.5) is 0 Å². The van der Waals surface area contributed by atoms with E-state index < -0.39 is 0 Å². The zero-order chi connectivity index (χ0) is 15.4. The van der Waals surface area contributed by atoms with Gasteiger partial charge in [0.1, 0.15) is 16.0 Å². The quantitative estimate of drug-likeness (QED) is 0.854. The van der Waals surface area contributed by atoms with Crippen molar-refractivity contribution in [1.29, 1.82) is 0 Å². The number of hydrogen-bond donors (Lipinski definition) is 1. The van der Waals surface area contributed by atoms with E-state index in [9.17, 15) is 4.79 Å². The van der Waals surface area contributed by atoms with Crippen molar-refractivity contribution in [2.75, 3.05) is 27.3 Å². The fourth-order valence-electron chi connectivity index (χ4n) is 2.67. The SMILES string of the molecule is COc1cc(C(=O)N2CCCCC2CN)cc(OC)c1Br.Cl. The monoisotopic (exact) mass is 392 g/mol. The summed E-state index contributed by atoms with van der Waals surface area (Å²) >= 11 is 3.41. The zero-order valence-electron chi connectivity index (χ0n) is 12.8. The third kappa shape index (κ3) is 3.86. The van der Waals surface area contributed by atoms with Crippen molar-refractivity contribution < 1.29 is 14.3 Å². The van der Waals surface area contributed by atoms with E-state index >= 15 is 0 Å². The Kier molecular flexibility index (Phi) is 7.45. The second-order valence-electron chi connectivity index (χ2n) is 5.08. The van der Waals surface area contributed by atoms with Crippen LogP contribution in [0.3, 0.4) is 0 Å². The molecule has 0 saturated carbocycles. The number of methoxy groups -OCH3 is 2. The highest BCUT2D eigenvalue weighted by molar-refractivity contribution is 9.10. The van der Waals surface area contributed by atoms with Crippen LogP contribution in [0.5, 0.6) is 11.5 Å². The molecule has 1 aliphatic rings. The van der Waals surface area contributed by atoms with Crippen LogP contribution in [0.15, 0.2) is 16.6 Å². The van der Waals surface area contributed by atoms with E-state index in [1.54, 1.807) is 26.4 Å². The van der Waals surface area contributed by atoms with Crippen molar-refractivity contribution in [2.45, 2.75) is 25.3 Å². The third-order valence-corrected chi connectivity index (χ3v) is 4.63. The van der Waals surface area contributed by atoms with Crippen LogP contribution in [0.1, 0.15) is 29.6 Å². The van der Waals surface area contributed by atoms with Gasteiger partial charge >= 0.3 is 0 Å². The van der Waals surface area contributed by atoms with Crippen LogP contribution in [0.25, 0.3) is 0 Å². The second kappa shape index (κ2) is 8.60. The largest absolute Gasteiger partial charge is 0.495 e. The summed E-state index contributed by atoms with van der Waals surface area (Å²) in [7, 11) is 3.13. The Labute approximate surface area is 145 Å². The molecule has 7 heteroatoms. The van der Waals surface area contributed by atoms with Crippen LogP contribution in [0.2, 0.25) is 0 Å². The zero-order valence-corrected chi connectivity index (χ0v) is 15.2. The van der Waals surface area contributed by atoms with Crippen LogP contribution in [-0.2, 0) is 0 Å². The summed E-state index contributed by atoms with van der Waals surface area (Å²) in [5.41, 5.74) is 6.36. The van der Waals surface area contributed by atoms with Crippen molar-refractivity contribution in [2.24, 2.45) is 5.73 Å². The molecule has 2 rings (SSSR count). The minimum atomic E-state index is -0.0192. The molecular formula is C15H22BrClN2O3. The standard InChI is InChI=1S/C15H21BrN2O3.ClH/c1-20-12-7-10(8-13(21-2)14(12)16)15(19)18-6-4-3-5-11(18)9-17;/h7-8,11H,3-6,9,17H2,1-2H3;1H. The number of carbonyl (C=O) groups is 1. The van der Waals surface area contributed by atoms with Gasteiger partial charge in [0, 0.05) is 24.7 Å². The van der Waals surface area contributed by atoms with Gasteiger partial charge in [-0.05, 0) is 47.3 Å². The van der Waals surface area contributed by atoms with E-state index in [0.29, 0.717) is 28.1 Å². The third-order valence-electron chi connectivity index (χ3n) is 3.85. The predicted molar refractivity (Wildman–Crippen MR) is 92.2 cm³/mol. The maximum absolute atomic E-state index is 12.8. The molecule has 0 aromatic heterocycles. The van der Waals surface area contributed by atoms with Crippen molar-refractivity contribution in [3.63, 3.8) is 0 Å². The van der Waals surface area contributed by atoms with Crippen LogP contribution in [-0.4, -0.2) is 44.2 Å². The maximum atomic E-state index is 12.8. The van der Waals surface area contributed by atoms with Gasteiger partial charge in [-0.25, -0.2) is 0 Å². The number of rotatable bonds is 4. The fraction of sp³-hybridized carbons (Fsp3) is 0.533. The molecule has 1 saturated heterocycles. The lowest BCUT2D eigenvalue weighted by atomic mass is 10.0. The summed E-state index contributed by atoms with van der Waals surface area (Å²) in [6.45, 7) is 1.25. The van der Waals surface area contributed by atoms with Crippen LogP contribution < -0.4 is 15.2 Å². The molecule has 1 aliphatic heterocycles. The number of ether oxygens (including phenoxy) is 2. The highest BCUT2D eigenvalue weighted by Gasteiger charge is 2.27. The number of halogens is 2. The number of amides is 1. The van der Waals surface area contributed by atoms with E-state index in [1.807, 2.05) is 4.90 Å². The van der Waals surface area contributed by atoms with Crippen molar-refractivity contribution in [3.8, 4) is 11.5 Å². The summed E-state index contributed by atoms with van der Waals surface area (Å²) in [5, 5.41) is 0. The van der Waals surface area contributed by atoms with Crippen LogP contribution >= 0.6 is 28.3 Å². The number of hydrogen-bond acceptors (Lipinski definition) is 4. The Bertz CT molecular complexity index is 503. The number of nitrogens with two attached hydrogens (primary N) is 1. The first kappa shape index (κ1) is 19.1. The molecule has 1 aromatic rings. The maximum Gasteiger partial charge on any atom is 0.254 e. The number of nitrogens with zero attached hydrogens (tertiary/aromatic N) is 1. The number of piperidine rings is 1. The Morgan fingerprint density at radius 3 is 2.41 bits per heavy atom. The van der Waals surface area contributed by atoms with Gasteiger partial charge < -0.3 is 20.1 Å². The van der Waals surface area contributed by atoms with Crippen molar-refractivity contribution in [3.05, 3.63) is 22.2 Å². The predicted octanol–water partition coefficient (Wildman–Crippen LogP) is 2.84. The highest BCUT2D eigenvalue weighted by Crippen LogP contribution is 2.36. The first-order chi connectivity index (χ1) is 10.1. The Morgan fingerprint density at radius 2 is 1.91 bits per heavy atom. The lowest BCUT2D eigenvalue weighted by Gasteiger charge is -2.35. The molecule has 124 valence electrons. The fourth-order valence-corrected chi connectivity index (χ4v) is 3.22. The van der Waals surface area contributed by atoms with Crippen molar-refractivity contribution in [1.82, 2.24) is 4.90 Å². The van der Waals surface area contributed by atoms with Crippen molar-refractivity contribution >= 4 is 34.2 Å². The number of likely N-dealkylation sites (tertiary alicyclic amines) is 1. The average molecular weight is 394 g/mol. The molecule has 1 unspecified atom stereocenters. The summed E-state index contributed by atoms with van der Waals surface area (Å²) in [5.74, 6) is 1.15. The van der Waals surface area contributed by atoms with E-state index in [2.05, 4.69) is 15.9 Å². The molecule has 5 nitrogen and oxygen atoms in total. The molecule has 1 amide bonds. The molecule has 0 aliphatic carbocycles. The van der Waals surface area contributed by atoms with E-state index in [1.165, 1.54) is 0 Å². The average Bonchev–Trinajstić information content (AvgIpc) is 2.54. The molecule has 0 bridgehead atoms. The molecule has 2 N–H and O–H groups in total. The Morgan fingerprint density at radius 1 is 1.32 bits per heavy atom. The summed E-state index contributed by atoms with van der Waals surface area (Å²) < 4.78 is 11.3. The van der Waals surface area contributed by atoms with E-state index in [0.717, 1.165) is 25.8 Å². The molecule has 1 fully saturated rings. The van der Waals surface area contributed by atoms with E-state index in [-0.39, 0.29) is 24.4 Å². The molecule has 1 heterocycles. The van der Waals surface area contributed by atoms with Crippen LogP contribution in [0, 0.1) is 0 Å². The lowest BCUT2D eigenvalue weighted by molar-refractivity contribution is 0.0622. The molecule has 0 radical (unpaired) electrons. The second-order valence-corrected chi connectivity index (χ2v) is 5.87. The summed E-state index contributed by atoms with van der Waals surface area (Å²) in [6, 6.07) is 3.58. The Hall–Kier alpha value is -0.980. The highest BCUT2D eigenvalue weighted by atomic mass is 79.9. The Balaban J connectivity index is 0.00000242. The molecule has 1 atom stereocenters. The van der Waals surface area contributed by atoms with Gasteiger partial charge in [0.2, 0.25) is 0 Å². The number of benzene rings is 1. The number of carbonyl (C=O) groups excluding carboxylic acids is 1. The normalized spacial score (nSPS) is 17.6.